The average Bonchev–Trinajstić information content (AvgIpc) is 3.41. The fraction of sp³-hybridized carbons (Fsp3) is 0.972. The van der Waals surface area contributed by atoms with E-state index in [2.05, 4.69) is 24.1 Å². The maximum Gasteiger partial charge on any atom is 0.303 e. The molecule has 1 fully saturated rings. The van der Waals surface area contributed by atoms with Crippen molar-refractivity contribution in [1.82, 2.24) is 10.2 Å². The highest BCUT2D eigenvalue weighted by Gasteiger charge is 2.21. The van der Waals surface area contributed by atoms with Crippen molar-refractivity contribution in [3.8, 4) is 0 Å². The van der Waals surface area contributed by atoms with Crippen molar-refractivity contribution >= 4 is 5.97 Å². The number of carbonyl (C=O) groups is 1. The summed E-state index contributed by atoms with van der Waals surface area (Å²) in [6, 6.07) is 0. The number of carboxylic acids is 1. The number of nitrogens with two attached hydrogens (primary N) is 1. The summed E-state index contributed by atoms with van der Waals surface area (Å²) in [6.45, 7) is 8.72. The molecule has 5 nitrogen and oxygen atoms in total. The standard InChI is InChI=1S/C18H39N3.C18H36O2/c1-2-3-4-5-6-7-8-9-10-11-12-13-18-20-15-17-21(18)16-14-19;1-2-3-4-5-6-7-8-9-10-11-12-13-14-15-16-17-18(19)20/h18,20H,2-17,19H2,1H3;2-17H2,1H3,(H,19,20). The molecule has 0 spiro atoms. The molecule has 1 saturated heterocycles. The molecule has 1 aliphatic heterocycles. The van der Waals surface area contributed by atoms with Crippen LogP contribution in [-0.4, -0.2) is 48.3 Å². The normalized spacial score (nSPS) is 15.2. The van der Waals surface area contributed by atoms with Gasteiger partial charge >= 0.3 is 5.97 Å². The zero-order chi connectivity index (χ0) is 30.1. The minimum atomic E-state index is -0.653. The van der Waals surface area contributed by atoms with Crippen LogP contribution < -0.4 is 11.1 Å². The number of carboxylic acid groups (broad SMARTS) is 1. The van der Waals surface area contributed by atoms with Gasteiger partial charge in [0.2, 0.25) is 0 Å². The molecule has 0 aromatic rings. The molecule has 246 valence electrons. The number of hydrogen-bond donors (Lipinski definition) is 3. The van der Waals surface area contributed by atoms with Gasteiger partial charge in [0.05, 0.1) is 6.17 Å². The first kappa shape index (κ1) is 40.4. The summed E-state index contributed by atoms with van der Waals surface area (Å²) in [4.78, 5) is 12.8. The van der Waals surface area contributed by atoms with Gasteiger partial charge in [-0.1, -0.05) is 174 Å². The number of nitrogens with one attached hydrogen (secondary N) is 1. The van der Waals surface area contributed by atoms with E-state index in [0.29, 0.717) is 12.6 Å². The Labute approximate surface area is 257 Å². The minimum absolute atomic E-state index is 0.345. The summed E-state index contributed by atoms with van der Waals surface area (Å²) in [6.07, 6.45) is 37.8. The van der Waals surface area contributed by atoms with Crippen molar-refractivity contribution in [3.05, 3.63) is 0 Å². The number of unbranched alkanes of at least 4 members (excludes halogenated alkanes) is 24. The lowest BCUT2D eigenvalue weighted by atomic mass is 10.0. The molecule has 0 bridgehead atoms. The van der Waals surface area contributed by atoms with Crippen LogP contribution in [0.1, 0.15) is 194 Å². The average molecular weight is 582 g/mol. The predicted octanol–water partition coefficient (Wildman–Crippen LogP) is 10.2. The summed E-state index contributed by atoms with van der Waals surface area (Å²) in [5, 5.41) is 12.1. The van der Waals surface area contributed by atoms with Gasteiger partial charge in [-0.3, -0.25) is 9.69 Å². The summed E-state index contributed by atoms with van der Waals surface area (Å²) in [7, 11) is 0. The van der Waals surface area contributed by atoms with Gasteiger partial charge in [0.25, 0.3) is 0 Å². The molecule has 1 unspecified atom stereocenters. The Balaban J connectivity index is 0.000000782. The van der Waals surface area contributed by atoms with Gasteiger partial charge in [0.1, 0.15) is 0 Å². The highest BCUT2D eigenvalue weighted by Crippen LogP contribution is 2.15. The Morgan fingerprint density at radius 3 is 1.37 bits per heavy atom. The van der Waals surface area contributed by atoms with E-state index in [4.69, 9.17) is 10.8 Å². The van der Waals surface area contributed by atoms with E-state index in [1.165, 1.54) is 167 Å². The molecule has 1 heterocycles. The van der Waals surface area contributed by atoms with Crippen LogP contribution >= 0.6 is 0 Å². The zero-order valence-electron chi connectivity index (χ0n) is 28.1. The first-order valence-electron chi connectivity index (χ1n) is 18.5. The SMILES string of the molecule is CCCCCCCCCCCCCC1NCCN1CCN.CCCCCCCCCCCCCCCCCC(=O)O. The molecule has 1 aliphatic rings. The van der Waals surface area contributed by atoms with Gasteiger partial charge in [0.15, 0.2) is 0 Å². The van der Waals surface area contributed by atoms with Crippen molar-refractivity contribution in [2.75, 3.05) is 26.2 Å². The van der Waals surface area contributed by atoms with E-state index < -0.39 is 5.97 Å². The second kappa shape index (κ2) is 33.8. The Hall–Kier alpha value is -0.650. The second-order valence-corrected chi connectivity index (χ2v) is 12.7. The largest absolute Gasteiger partial charge is 0.481 e. The smallest absolute Gasteiger partial charge is 0.303 e. The summed E-state index contributed by atoms with van der Waals surface area (Å²) in [5.74, 6) is -0.653. The maximum absolute atomic E-state index is 10.3. The Morgan fingerprint density at radius 2 is 1.00 bits per heavy atom. The quantitative estimate of drug-likeness (QED) is 0.0735. The van der Waals surface area contributed by atoms with Crippen LogP contribution in [0.2, 0.25) is 0 Å². The van der Waals surface area contributed by atoms with Crippen LogP contribution in [0, 0.1) is 0 Å². The van der Waals surface area contributed by atoms with Crippen molar-refractivity contribution < 1.29 is 9.90 Å². The van der Waals surface area contributed by atoms with Gasteiger partial charge in [-0.05, 0) is 12.8 Å². The third-order valence-electron chi connectivity index (χ3n) is 8.71. The fourth-order valence-electron chi connectivity index (χ4n) is 6.03. The molecule has 4 N–H and O–H groups in total. The van der Waals surface area contributed by atoms with Crippen LogP contribution in [0.5, 0.6) is 0 Å². The number of aliphatic carboxylic acids is 1. The lowest BCUT2D eigenvalue weighted by Crippen LogP contribution is -2.38. The van der Waals surface area contributed by atoms with Crippen molar-refractivity contribution in [2.45, 2.75) is 200 Å². The van der Waals surface area contributed by atoms with Crippen molar-refractivity contribution in [3.63, 3.8) is 0 Å². The van der Waals surface area contributed by atoms with Crippen LogP contribution in [-0.2, 0) is 4.79 Å². The third kappa shape index (κ3) is 30.6. The van der Waals surface area contributed by atoms with Gasteiger partial charge in [-0.15, -0.1) is 0 Å². The second-order valence-electron chi connectivity index (χ2n) is 12.7. The fourth-order valence-corrected chi connectivity index (χ4v) is 6.03. The summed E-state index contributed by atoms with van der Waals surface area (Å²) in [5.41, 5.74) is 5.66. The molecule has 0 aromatic heterocycles. The Morgan fingerprint density at radius 1 is 0.634 bits per heavy atom. The van der Waals surface area contributed by atoms with Crippen molar-refractivity contribution in [2.24, 2.45) is 5.73 Å². The molecule has 41 heavy (non-hydrogen) atoms. The molecule has 0 aromatic carbocycles. The van der Waals surface area contributed by atoms with Gasteiger partial charge in [-0.25, -0.2) is 0 Å². The van der Waals surface area contributed by atoms with E-state index in [-0.39, 0.29) is 0 Å². The van der Waals surface area contributed by atoms with E-state index in [0.717, 1.165) is 32.5 Å². The lowest BCUT2D eigenvalue weighted by Gasteiger charge is -2.23. The molecule has 0 aliphatic carbocycles. The monoisotopic (exact) mass is 582 g/mol. The Kier molecular flexibility index (Phi) is 33.3. The van der Waals surface area contributed by atoms with Gasteiger partial charge < -0.3 is 16.2 Å². The molecule has 5 heteroatoms. The highest BCUT2D eigenvalue weighted by atomic mass is 16.4. The zero-order valence-corrected chi connectivity index (χ0v) is 28.1. The van der Waals surface area contributed by atoms with Crippen LogP contribution in [0.4, 0.5) is 0 Å². The van der Waals surface area contributed by atoms with Gasteiger partial charge in [-0.2, -0.15) is 0 Å². The Bertz CT molecular complexity index is 517. The molecule has 0 saturated carbocycles. The number of rotatable bonds is 30. The van der Waals surface area contributed by atoms with Crippen LogP contribution in [0.15, 0.2) is 0 Å². The van der Waals surface area contributed by atoms with E-state index >= 15 is 0 Å². The van der Waals surface area contributed by atoms with E-state index in [1.807, 2.05) is 0 Å². The van der Waals surface area contributed by atoms with E-state index in [9.17, 15) is 4.79 Å². The number of hydrogen-bond acceptors (Lipinski definition) is 4. The summed E-state index contributed by atoms with van der Waals surface area (Å²) < 4.78 is 0. The maximum atomic E-state index is 10.3. The minimum Gasteiger partial charge on any atom is -0.481 e. The van der Waals surface area contributed by atoms with Crippen molar-refractivity contribution in [1.29, 1.82) is 0 Å². The molecule has 1 rings (SSSR count). The number of nitrogens with zero attached hydrogens (tertiary/aromatic N) is 1. The third-order valence-corrected chi connectivity index (χ3v) is 8.71. The van der Waals surface area contributed by atoms with E-state index in [1.54, 1.807) is 0 Å². The molecular weight excluding hydrogens is 506 g/mol. The summed E-state index contributed by atoms with van der Waals surface area (Å²) >= 11 is 0. The molecular formula is C36H75N3O2. The van der Waals surface area contributed by atoms with Crippen LogP contribution in [0.3, 0.4) is 0 Å². The first-order chi connectivity index (χ1) is 20.2. The topological polar surface area (TPSA) is 78.6 Å². The predicted molar refractivity (Wildman–Crippen MR) is 181 cm³/mol. The highest BCUT2D eigenvalue weighted by molar-refractivity contribution is 5.66. The first-order valence-corrected chi connectivity index (χ1v) is 18.5. The molecule has 0 amide bonds. The van der Waals surface area contributed by atoms with Gasteiger partial charge in [0, 0.05) is 32.6 Å². The molecule has 1 atom stereocenters. The van der Waals surface area contributed by atoms with Crippen LogP contribution in [0.25, 0.3) is 0 Å². The lowest BCUT2D eigenvalue weighted by molar-refractivity contribution is -0.137. The molecule has 0 radical (unpaired) electrons.